The lowest BCUT2D eigenvalue weighted by molar-refractivity contribution is -0.136. The van der Waals surface area contributed by atoms with Gasteiger partial charge in [0.05, 0.1) is 0 Å². The fraction of sp³-hybridized carbons (Fsp3) is 0.900. The molecule has 0 saturated carbocycles. The van der Waals surface area contributed by atoms with Crippen LogP contribution in [0.4, 0.5) is 0 Å². The Morgan fingerprint density at radius 1 is 1.57 bits per heavy atom. The molecule has 1 fully saturated rings. The van der Waals surface area contributed by atoms with Crippen molar-refractivity contribution >= 4 is 28.5 Å². The SMILES string of the molecule is CC(=O)N1C(C)CC(N)C(CI)C1C. The molecule has 4 heteroatoms. The summed E-state index contributed by atoms with van der Waals surface area (Å²) in [5.74, 6) is 0.613. The molecule has 0 aromatic heterocycles. The number of alkyl halides is 1. The number of halogens is 1. The summed E-state index contributed by atoms with van der Waals surface area (Å²) in [5, 5.41) is 0. The van der Waals surface area contributed by atoms with Gasteiger partial charge in [0.2, 0.25) is 5.91 Å². The maximum atomic E-state index is 11.5. The summed E-state index contributed by atoms with van der Waals surface area (Å²) < 4.78 is 1.02. The highest BCUT2D eigenvalue weighted by Gasteiger charge is 2.37. The zero-order chi connectivity index (χ0) is 10.9. The van der Waals surface area contributed by atoms with E-state index in [4.69, 9.17) is 5.73 Å². The highest BCUT2D eigenvalue weighted by atomic mass is 127. The van der Waals surface area contributed by atoms with E-state index in [-0.39, 0.29) is 24.0 Å². The van der Waals surface area contributed by atoms with E-state index in [2.05, 4.69) is 36.4 Å². The number of likely N-dealkylation sites (tertiary alicyclic amines) is 1. The number of rotatable bonds is 1. The van der Waals surface area contributed by atoms with Crippen molar-refractivity contribution in [2.24, 2.45) is 11.7 Å². The summed E-state index contributed by atoms with van der Waals surface area (Å²) in [4.78, 5) is 13.4. The molecular weight excluding hydrogens is 291 g/mol. The Morgan fingerprint density at radius 3 is 2.57 bits per heavy atom. The van der Waals surface area contributed by atoms with Crippen LogP contribution in [0.15, 0.2) is 0 Å². The van der Waals surface area contributed by atoms with Crippen LogP contribution in [0.2, 0.25) is 0 Å². The Kier molecular flexibility index (Phi) is 4.18. The minimum atomic E-state index is 0.173. The van der Waals surface area contributed by atoms with Crippen LogP contribution in [-0.2, 0) is 4.79 Å². The van der Waals surface area contributed by atoms with Gasteiger partial charge in [-0.05, 0) is 20.3 Å². The molecule has 1 saturated heterocycles. The van der Waals surface area contributed by atoms with Gasteiger partial charge in [-0.15, -0.1) is 0 Å². The van der Waals surface area contributed by atoms with Crippen LogP contribution < -0.4 is 5.73 Å². The molecule has 1 aliphatic rings. The average Bonchev–Trinajstić information content (AvgIpc) is 2.02. The van der Waals surface area contributed by atoms with E-state index >= 15 is 0 Å². The second kappa shape index (κ2) is 4.79. The standard InChI is InChI=1S/C10H19IN2O/c1-6-4-10(12)9(5-11)7(2)13(6)8(3)14/h6-7,9-10H,4-5,12H2,1-3H3. The van der Waals surface area contributed by atoms with E-state index in [1.807, 2.05) is 4.90 Å². The monoisotopic (exact) mass is 310 g/mol. The van der Waals surface area contributed by atoms with Crippen LogP contribution in [0.25, 0.3) is 0 Å². The summed E-state index contributed by atoms with van der Waals surface area (Å²) in [7, 11) is 0. The van der Waals surface area contributed by atoms with Gasteiger partial charge in [0.15, 0.2) is 0 Å². The van der Waals surface area contributed by atoms with E-state index in [9.17, 15) is 4.79 Å². The molecule has 1 rings (SSSR count). The molecule has 0 bridgehead atoms. The molecule has 0 aromatic rings. The first-order valence-corrected chi connectivity index (χ1v) is 6.62. The Balaban J connectivity index is 2.82. The normalized spacial score (nSPS) is 38.5. The molecule has 1 amide bonds. The molecule has 0 radical (unpaired) electrons. The van der Waals surface area contributed by atoms with Crippen molar-refractivity contribution in [2.45, 2.75) is 45.3 Å². The van der Waals surface area contributed by atoms with Crippen molar-refractivity contribution in [2.75, 3.05) is 4.43 Å². The van der Waals surface area contributed by atoms with Crippen LogP contribution in [0, 0.1) is 5.92 Å². The molecule has 82 valence electrons. The van der Waals surface area contributed by atoms with Gasteiger partial charge in [-0.2, -0.15) is 0 Å². The quantitative estimate of drug-likeness (QED) is 0.588. The second-order valence-corrected chi connectivity index (χ2v) is 5.11. The van der Waals surface area contributed by atoms with Crippen molar-refractivity contribution in [3.05, 3.63) is 0 Å². The minimum absolute atomic E-state index is 0.173. The first kappa shape index (κ1) is 12.2. The third-order valence-electron chi connectivity index (χ3n) is 3.24. The summed E-state index contributed by atoms with van der Waals surface area (Å²) >= 11 is 2.36. The summed E-state index contributed by atoms with van der Waals surface area (Å²) in [6.07, 6.45) is 0.928. The van der Waals surface area contributed by atoms with E-state index in [0.717, 1.165) is 10.8 Å². The minimum Gasteiger partial charge on any atom is -0.337 e. The number of amides is 1. The summed E-state index contributed by atoms with van der Waals surface area (Å²) in [6, 6.07) is 0.812. The third-order valence-corrected chi connectivity index (χ3v) is 4.26. The number of hydrogen-bond donors (Lipinski definition) is 1. The topological polar surface area (TPSA) is 46.3 Å². The van der Waals surface area contributed by atoms with Crippen LogP contribution in [0.3, 0.4) is 0 Å². The van der Waals surface area contributed by atoms with Crippen molar-refractivity contribution in [1.29, 1.82) is 0 Å². The van der Waals surface area contributed by atoms with Gasteiger partial charge in [0.25, 0.3) is 0 Å². The number of carbonyl (C=O) groups excluding carboxylic acids is 1. The molecule has 4 unspecified atom stereocenters. The van der Waals surface area contributed by atoms with Gasteiger partial charge in [0.1, 0.15) is 0 Å². The number of nitrogens with two attached hydrogens (primary N) is 1. The molecule has 3 nitrogen and oxygen atoms in total. The zero-order valence-electron chi connectivity index (χ0n) is 9.03. The fourth-order valence-electron chi connectivity index (χ4n) is 2.49. The van der Waals surface area contributed by atoms with Crippen LogP contribution in [0.1, 0.15) is 27.2 Å². The van der Waals surface area contributed by atoms with Crippen molar-refractivity contribution in [1.82, 2.24) is 4.90 Å². The maximum Gasteiger partial charge on any atom is 0.219 e. The Bertz CT molecular complexity index is 222. The number of hydrogen-bond acceptors (Lipinski definition) is 2. The predicted molar refractivity (Wildman–Crippen MR) is 66.4 cm³/mol. The number of piperidine rings is 1. The molecule has 4 atom stereocenters. The lowest BCUT2D eigenvalue weighted by atomic mass is 9.84. The highest BCUT2D eigenvalue weighted by molar-refractivity contribution is 14.1. The molecule has 14 heavy (non-hydrogen) atoms. The Labute approximate surface area is 99.5 Å². The zero-order valence-corrected chi connectivity index (χ0v) is 11.2. The molecule has 0 spiro atoms. The third kappa shape index (κ3) is 2.21. The smallest absolute Gasteiger partial charge is 0.219 e. The van der Waals surface area contributed by atoms with Crippen molar-refractivity contribution < 1.29 is 4.79 Å². The van der Waals surface area contributed by atoms with Gasteiger partial charge in [-0.1, -0.05) is 22.6 Å². The lowest BCUT2D eigenvalue weighted by Gasteiger charge is -2.46. The first-order chi connectivity index (χ1) is 6.49. The fourth-order valence-corrected chi connectivity index (χ4v) is 3.88. The van der Waals surface area contributed by atoms with Gasteiger partial charge >= 0.3 is 0 Å². The highest BCUT2D eigenvalue weighted by Crippen LogP contribution is 2.28. The van der Waals surface area contributed by atoms with E-state index in [1.165, 1.54) is 0 Å². The Hall–Kier alpha value is 0.160. The molecule has 2 N–H and O–H groups in total. The largest absolute Gasteiger partial charge is 0.337 e. The number of carbonyl (C=O) groups is 1. The van der Waals surface area contributed by atoms with Gasteiger partial charge in [0, 0.05) is 35.4 Å². The van der Waals surface area contributed by atoms with Crippen molar-refractivity contribution in [3.8, 4) is 0 Å². The number of nitrogens with zero attached hydrogens (tertiary/aromatic N) is 1. The average molecular weight is 310 g/mol. The van der Waals surface area contributed by atoms with Crippen LogP contribution in [-0.4, -0.2) is 33.4 Å². The summed E-state index contributed by atoms with van der Waals surface area (Å²) in [6.45, 7) is 5.84. The van der Waals surface area contributed by atoms with Crippen molar-refractivity contribution in [3.63, 3.8) is 0 Å². The van der Waals surface area contributed by atoms with Crippen LogP contribution in [0.5, 0.6) is 0 Å². The Morgan fingerprint density at radius 2 is 2.14 bits per heavy atom. The first-order valence-electron chi connectivity index (χ1n) is 5.09. The molecule has 1 heterocycles. The van der Waals surface area contributed by atoms with Gasteiger partial charge in [-0.3, -0.25) is 4.79 Å². The molecule has 0 aliphatic carbocycles. The molecule has 0 aromatic carbocycles. The van der Waals surface area contributed by atoms with E-state index < -0.39 is 0 Å². The molecule has 1 aliphatic heterocycles. The van der Waals surface area contributed by atoms with Crippen LogP contribution >= 0.6 is 22.6 Å². The maximum absolute atomic E-state index is 11.5. The van der Waals surface area contributed by atoms with E-state index in [1.54, 1.807) is 6.92 Å². The molecular formula is C10H19IN2O. The van der Waals surface area contributed by atoms with E-state index in [0.29, 0.717) is 5.92 Å². The lowest BCUT2D eigenvalue weighted by Crippen LogP contribution is -2.58. The van der Waals surface area contributed by atoms with Gasteiger partial charge in [-0.25, -0.2) is 0 Å². The van der Waals surface area contributed by atoms with Gasteiger partial charge < -0.3 is 10.6 Å². The predicted octanol–water partition coefficient (Wildman–Crippen LogP) is 1.39. The second-order valence-electron chi connectivity index (χ2n) is 4.23. The summed E-state index contributed by atoms with van der Waals surface area (Å²) in [5.41, 5.74) is 6.09.